The van der Waals surface area contributed by atoms with Crippen LogP contribution in [0.4, 0.5) is 0 Å². The Morgan fingerprint density at radius 3 is 3.00 bits per heavy atom. The molecule has 1 aromatic carbocycles. The van der Waals surface area contributed by atoms with E-state index in [1.54, 1.807) is 19.2 Å². The highest BCUT2D eigenvalue weighted by molar-refractivity contribution is 6.30. The average molecular weight is 346 g/mol. The molecule has 1 fully saturated rings. The molecule has 124 valence electrons. The highest BCUT2D eigenvalue weighted by Gasteiger charge is 2.22. The van der Waals surface area contributed by atoms with E-state index in [0.29, 0.717) is 28.6 Å². The smallest absolute Gasteiger partial charge is 0.281 e. The average Bonchev–Trinajstić information content (AvgIpc) is 3.32. The SMILES string of the molecule is Cn1ncc2c(=O)n(Cc3cc(Cl)ccc3OCC3CC3)nnc21. The summed E-state index contributed by atoms with van der Waals surface area (Å²) in [5.74, 6) is 1.37. The standard InChI is InChI=1S/C16H16ClN5O2/c1-21-15-13(7-18-21)16(23)22(20-19-15)8-11-6-12(17)4-5-14(11)24-9-10-2-3-10/h4-7,10H,2-3,8-9H2,1H3. The van der Waals surface area contributed by atoms with E-state index in [4.69, 9.17) is 16.3 Å². The van der Waals surface area contributed by atoms with E-state index in [1.165, 1.54) is 28.4 Å². The van der Waals surface area contributed by atoms with Crippen molar-refractivity contribution in [2.45, 2.75) is 19.4 Å². The molecular weight excluding hydrogens is 330 g/mol. The van der Waals surface area contributed by atoms with Crippen LogP contribution in [-0.2, 0) is 13.6 Å². The summed E-state index contributed by atoms with van der Waals surface area (Å²) in [5.41, 5.74) is 1.04. The van der Waals surface area contributed by atoms with Gasteiger partial charge in [-0.2, -0.15) is 5.10 Å². The molecule has 4 rings (SSSR count). The lowest BCUT2D eigenvalue weighted by Crippen LogP contribution is -2.25. The monoisotopic (exact) mass is 345 g/mol. The maximum atomic E-state index is 12.6. The molecular formula is C16H16ClN5O2. The second-order valence-corrected chi connectivity index (χ2v) is 6.50. The Morgan fingerprint density at radius 1 is 1.38 bits per heavy atom. The Kier molecular flexibility index (Phi) is 3.72. The molecule has 2 aromatic heterocycles. The van der Waals surface area contributed by atoms with Gasteiger partial charge < -0.3 is 4.74 Å². The van der Waals surface area contributed by atoms with Crippen molar-refractivity contribution in [1.82, 2.24) is 24.8 Å². The highest BCUT2D eigenvalue weighted by atomic mass is 35.5. The van der Waals surface area contributed by atoms with Gasteiger partial charge in [0.05, 0.1) is 19.3 Å². The van der Waals surface area contributed by atoms with Crippen LogP contribution in [0.1, 0.15) is 18.4 Å². The Morgan fingerprint density at radius 2 is 2.21 bits per heavy atom. The van der Waals surface area contributed by atoms with Crippen LogP contribution in [0.15, 0.2) is 29.2 Å². The van der Waals surface area contributed by atoms with E-state index >= 15 is 0 Å². The quantitative estimate of drug-likeness (QED) is 0.707. The van der Waals surface area contributed by atoms with E-state index in [0.717, 1.165) is 11.3 Å². The molecule has 1 aliphatic rings. The lowest BCUT2D eigenvalue weighted by molar-refractivity contribution is 0.295. The molecule has 0 bridgehead atoms. The van der Waals surface area contributed by atoms with Gasteiger partial charge in [0.25, 0.3) is 5.56 Å². The maximum absolute atomic E-state index is 12.6. The van der Waals surface area contributed by atoms with Gasteiger partial charge in [0.1, 0.15) is 11.1 Å². The molecule has 8 heteroatoms. The predicted octanol–water partition coefficient (Wildman–Crippen LogP) is 2.02. The van der Waals surface area contributed by atoms with Crippen LogP contribution in [-0.4, -0.2) is 31.4 Å². The molecule has 0 atom stereocenters. The number of aryl methyl sites for hydroxylation is 1. The van der Waals surface area contributed by atoms with Crippen molar-refractivity contribution in [3.63, 3.8) is 0 Å². The fraction of sp³-hybridized carbons (Fsp3) is 0.375. The summed E-state index contributed by atoms with van der Waals surface area (Å²) >= 11 is 6.10. The van der Waals surface area contributed by atoms with Gasteiger partial charge in [0.2, 0.25) is 0 Å². The van der Waals surface area contributed by atoms with Gasteiger partial charge in [-0.25, -0.2) is 9.36 Å². The Hall–Kier alpha value is -2.41. The summed E-state index contributed by atoms with van der Waals surface area (Å²) < 4.78 is 8.71. The number of hydrogen-bond acceptors (Lipinski definition) is 5. The Bertz CT molecular complexity index is 961. The predicted molar refractivity (Wildman–Crippen MR) is 89.3 cm³/mol. The minimum Gasteiger partial charge on any atom is -0.493 e. The summed E-state index contributed by atoms with van der Waals surface area (Å²) in [6.07, 6.45) is 3.93. The molecule has 0 amide bonds. The Labute approximate surface area is 142 Å². The maximum Gasteiger partial charge on any atom is 0.281 e. The first-order valence-corrected chi connectivity index (χ1v) is 8.16. The summed E-state index contributed by atoms with van der Waals surface area (Å²) in [5, 5.41) is 13.2. The number of benzene rings is 1. The number of aromatic nitrogens is 5. The van der Waals surface area contributed by atoms with Crippen LogP contribution >= 0.6 is 11.6 Å². The molecule has 0 N–H and O–H groups in total. The lowest BCUT2D eigenvalue weighted by Gasteiger charge is -2.12. The van der Waals surface area contributed by atoms with Crippen LogP contribution < -0.4 is 10.3 Å². The zero-order valence-corrected chi connectivity index (χ0v) is 13.9. The second-order valence-electron chi connectivity index (χ2n) is 6.06. The van der Waals surface area contributed by atoms with Gasteiger partial charge >= 0.3 is 0 Å². The van der Waals surface area contributed by atoms with Gasteiger partial charge in [-0.05, 0) is 37.0 Å². The number of ether oxygens (including phenoxy) is 1. The van der Waals surface area contributed by atoms with E-state index in [2.05, 4.69) is 15.4 Å². The van der Waals surface area contributed by atoms with Gasteiger partial charge in [0, 0.05) is 17.6 Å². The van der Waals surface area contributed by atoms with Gasteiger partial charge in [-0.15, -0.1) is 5.10 Å². The van der Waals surface area contributed by atoms with Gasteiger partial charge in [0.15, 0.2) is 5.65 Å². The fourth-order valence-electron chi connectivity index (χ4n) is 2.55. The molecule has 0 unspecified atom stereocenters. The van der Waals surface area contributed by atoms with Crippen molar-refractivity contribution >= 4 is 22.6 Å². The number of hydrogen-bond donors (Lipinski definition) is 0. The molecule has 0 spiro atoms. The first-order valence-electron chi connectivity index (χ1n) is 7.78. The largest absolute Gasteiger partial charge is 0.493 e. The second kappa shape index (κ2) is 5.90. The van der Waals surface area contributed by atoms with Crippen molar-refractivity contribution < 1.29 is 4.74 Å². The van der Waals surface area contributed by atoms with Gasteiger partial charge in [-0.3, -0.25) is 4.79 Å². The van der Waals surface area contributed by atoms with Crippen molar-refractivity contribution in [2.75, 3.05) is 6.61 Å². The molecule has 1 saturated carbocycles. The van der Waals surface area contributed by atoms with Crippen LogP contribution in [0.5, 0.6) is 5.75 Å². The first-order chi connectivity index (χ1) is 11.6. The first kappa shape index (κ1) is 15.1. The van der Waals surface area contributed by atoms with E-state index in [9.17, 15) is 4.79 Å². The number of fused-ring (bicyclic) bond motifs is 1. The normalized spacial score (nSPS) is 14.2. The topological polar surface area (TPSA) is 74.8 Å². The van der Waals surface area contributed by atoms with E-state index in [1.807, 2.05) is 6.07 Å². The minimum absolute atomic E-state index is 0.235. The van der Waals surface area contributed by atoms with Crippen LogP contribution in [0.3, 0.4) is 0 Å². The number of nitrogens with zero attached hydrogens (tertiary/aromatic N) is 5. The van der Waals surface area contributed by atoms with Crippen molar-refractivity contribution in [1.29, 1.82) is 0 Å². The molecule has 0 saturated heterocycles. The van der Waals surface area contributed by atoms with E-state index < -0.39 is 0 Å². The van der Waals surface area contributed by atoms with Crippen molar-refractivity contribution in [2.24, 2.45) is 13.0 Å². The van der Waals surface area contributed by atoms with Gasteiger partial charge in [-0.1, -0.05) is 16.8 Å². The zero-order chi connectivity index (χ0) is 16.7. The minimum atomic E-state index is -0.235. The Balaban J connectivity index is 1.68. The highest BCUT2D eigenvalue weighted by Crippen LogP contribution is 2.31. The molecule has 2 heterocycles. The third-order valence-corrected chi connectivity index (χ3v) is 4.37. The van der Waals surface area contributed by atoms with Crippen molar-refractivity contribution in [3.05, 3.63) is 45.3 Å². The zero-order valence-electron chi connectivity index (χ0n) is 13.1. The van der Waals surface area contributed by atoms with Crippen LogP contribution in [0.25, 0.3) is 11.0 Å². The molecule has 24 heavy (non-hydrogen) atoms. The van der Waals surface area contributed by atoms with Crippen LogP contribution in [0, 0.1) is 5.92 Å². The number of halogens is 1. The third kappa shape index (κ3) is 2.87. The summed E-state index contributed by atoms with van der Waals surface area (Å²) in [7, 11) is 1.72. The molecule has 0 aliphatic heterocycles. The summed E-state index contributed by atoms with van der Waals surface area (Å²) in [6.45, 7) is 0.939. The molecule has 7 nitrogen and oxygen atoms in total. The van der Waals surface area contributed by atoms with E-state index in [-0.39, 0.29) is 12.1 Å². The molecule has 0 radical (unpaired) electrons. The molecule has 1 aliphatic carbocycles. The van der Waals surface area contributed by atoms with Crippen LogP contribution in [0.2, 0.25) is 5.02 Å². The third-order valence-electron chi connectivity index (χ3n) is 4.13. The fourth-order valence-corrected chi connectivity index (χ4v) is 2.74. The summed E-state index contributed by atoms with van der Waals surface area (Å²) in [4.78, 5) is 12.6. The number of rotatable bonds is 5. The molecule has 3 aromatic rings. The lowest BCUT2D eigenvalue weighted by atomic mass is 10.2. The summed E-state index contributed by atoms with van der Waals surface area (Å²) in [6, 6.07) is 5.42. The van der Waals surface area contributed by atoms with Crippen molar-refractivity contribution in [3.8, 4) is 5.75 Å².